The molecule has 3 fully saturated rings. The van der Waals surface area contributed by atoms with Crippen molar-refractivity contribution >= 4 is 22.6 Å². The molecule has 2 aromatic carbocycles. The summed E-state index contributed by atoms with van der Waals surface area (Å²) in [5, 5.41) is 36.3. The van der Waals surface area contributed by atoms with Crippen molar-refractivity contribution in [1.82, 2.24) is 14.8 Å². The lowest BCUT2D eigenvalue weighted by molar-refractivity contribution is -0.147. The van der Waals surface area contributed by atoms with Crippen molar-refractivity contribution in [2.24, 2.45) is 11.8 Å². The van der Waals surface area contributed by atoms with Gasteiger partial charge in [0.15, 0.2) is 0 Å². The molecule has 6 aliphatic rings. The molecule has 9 unspecified atom stereocenters. The molecule has 266 valence electrons. The number of anilines is 1. The van der Waals surface area contributed by atoms with Gasteiger partial charge in [0.25, 0.3) is 0 Å². The molecule has 4 N–H and O–H groups in total. The fraction of sp³-hybridized carbons (Fsp3) is 0.575. The monoisotopic (exact) mass is 682 g/mol. The fourth-order valence-corrected chi connectivity index (χ4v) is 11.9. The number of esters is 1. The third kappa shape index (κ3) is 4.17. The number of nitrogens with zero attached hydrogens (tertiary/aromatic N) is 3. The number of nitrogens with one attached hydrogen (secondary N) is 1. The predicted molar refractivity (Wildman–Crippen MR) is 191 cm³/mol. The first-order valence-corrected chi connectivity index (χ1v) is 18.5. The summed E-state index contributed by atoms with van der Waals surface area (Å²) in [6.07, 6.45) is 5.60. The molecular weight excluding hydrogens is 632 g/mol. The summed E-state index contributed by atoms with van der Waals surface area (Å²) in [6, 6.07) is 12.2. The van der Waals surface area contributed by atoms with Gasteiger partial charge in [0, 0.05) is 84.5 Å². The SMILES string of the molecule is CCC1(O)CC2CN(CCc3c([nH]c4ccccc34)[C@@](C(=O)OC)(c3cc4c(cc3OC)N(C)C3C(O)C(O)C5C=CCN6CCC43C56)C2)C1. The van der Waals surface area contributed by atoms with Gasteiger partial charge in [-0.2, -0.15) is 0 Å². The Morgan fingerprint density at radius 3 is 2.66 bits per heavy atom. The molecule has 9 rings (SSSR count). The Labute approximate surface area is 293 Å². The Morgan fingerprint density at radius 2 is 1.88 bits per heavy atom. The Hall–Kier alpha value is -3.41. The van der Waals surface area contributed by atoms with E-state index in [-0.39, 0.29) is 29.9 Å². The smallest absolute Gasteiger partial charge is 0.322 e. The van der Waals surface area contributed by atoms with E-state index in [1.807, 2.05) is 26.1 Å². The van der Waals surface area contributed by atoms with Gasteiger partial charge in [-0.15, -0.1) is 0 Å². The lowest BCUT2D eigenvalue weighted by atomic mass is 9.58. The zero-order valence-corrected chi connectivity index (χ0v) is 29.6. The van der Waals surface area contributed by atoms with Crippen molar-refractivity contribution in [1.29, 1.82) is 0 Å². The third-order valence-corrected chi connectivity index (χ3v) is 13.9. The maximum Gasteiger partial charge on any atom is 0.322 e. The number of likely N-dealkylation sites (N-methyl/N-ethyl adjacent to an activating group) is 1. The molecule has 1 spiro atoms. The number of aliphatic hydroxyl groups is 3. The Bertz CT molecular complexity index is 1890. The topological polar surface area (TPSA) is 122 Å². The fourth-order valence-electron chi connectivity index (χ4n) is 11.9. The van der Waals surface area contributed by atoms with Gasteiger partial charge < -0.3 is 34.7 Å². The molecular formula is C40H50N4O6. The Kier molecular flexibility index (Phi) is 7.34. The molecule has 10 atom stereocenters. The van der Waals surface area contributed by atoms with Crippen molar-refractivity contribution in [2.75, 3.05) is 58.9 Å². The Morgan fingerprint density at radius 1 is 1.06 bits per heavy atom. The lowest BCUT2D eigenvalue weighted by Crippen LogP contribution is -2.69. The number of fused-ring (bicyclic) bond motifs is 6. The number of aromatic nitrogens is 1. The van der Waals surface area contributed by atoms with E-state index in [1.165, 1.54) is 7.11 Å². The molecule has 0 amide bonds. The third-order valence-electron chi connectivity index (χ3n) is 13.9. The van der Waals surface area contributed by atoms with Crippen LogP contribution in [0.5, 0.6) is 5.75 Å². The number of ether oxygens (including phenoxy) is 2. The van der Waals surface area contributed by atoms with Gasteiger partial charge in [0.2, 0.25) is 0 Å². The van der Waals surface area contributed by atoms with Crippen LogP contribution >= 0.6 is 0 Å². The van der Waals surface area contributed by atoms with Crippen LogP contribution in [0.2, 0.25) is 0 Å². The zero-order valence-electron chi connectivity index (χ0n) is 29.6. The van der Waals surface area contributed by atoms with E-state index >= 15 is 4.79 Å². The second kappa shape index (κ2) is 11.3. The molecule has 10 heteroatoms. The summed E-state index contributed by atoms with van der Waals surface area (Å²) < 4.78 is 12.2. The average Bonchev–Trinajstić information content (AvgIpc) is 3.78. The number of para-hydroxylation sites is 1. The highest BCUT2D eigenvalue weighted by atomic mass is 16.5. The number of benzene rings is 2. The van der Waals surface area contributed by atoms with Gasteiger partial charge in [-0.1, -0.05) is 37.3 Å². The number of methoxy groups -OCH3 is 2. The molecule has 5 aliphatic heterocycles. The van der Waals surface area contributed by atoms with Crippen molar-refractivity contribution < 1.29 is 29.6 Å². The number of H-pyrrole nitrogens is 1. The first kappa shape index (κ1) is 32.5. The second-order valence-electron chi connectivity index (χ2n) is 16.1. The van der Waals surface area contributed by atoms with E-state index in [4.69, 9.17) is 9.47 Å². The van der Waals surface area contributed by atoms with E-state index in [9.17, 15) is 15.3 Å². The average molecular weight is 683 g/mol. The van der Waals surface area contributed by atoms with Crippen LogP contribution in [0.15, 0.2) is 48.6 Å². The van der Waals surface area contributed by atoms with Gasteiger partial charge in [-0.05, 0) is 67.8 Å². The number of aliphatic hydroxyl groups excluding tert-OH is 2. The summed E-state index contributed by atoms with van der Waals surface area (Å²) in [4.78, 5) is 25.8. The van der Waals surface area contributed by atoms with E-state index in [0.29, 0.717) is 38.0 Å². The van der Waals surface area contributed by atoms with E-state index in [0.717, 1.165) is 71.6 Å². The van der Waals surface area contributed by atoms with Crippen molar-refractivity contribution in [3.63, 3.8) is 0 Å². The minimum Gasteiger partial charge on any atom is -0.496 e. The number of hydrogen-bond donors (Lipinski definition) is 4. The molecule has 3 aromatic rings. The number of aromatic amines is 1. The highest BCUT2D eigenvalue weighted by molar-refractivity contribution is 5.94. The van der Waals surface area contributed by atoms with Gasteiger partial charge in [-0.25, -0.2) is 0 Å². The largest absolute Gasteiger partial charge is 0.496 e. The standard InChI is InChI=1S/C40H50N4O6/c1-5-38(48)19-23-20-40(37(47)50-4,34-25(12-15-43(21-23)22-38)24-9-6-7-11-29(24)41-34)28-17-27-30(18-31(28)49-3)42(2)36-33(46)32(45)26-10-8-14-44-16-13-39(27,36)35(26)44/h6-11,17-18,23,26,32-33,35-36,41,45-46,48H,5,12-16,19-22H2,1-4H3/t23?,26?,32?,33?,35?,36?,38?,39?,40-/m0/s1. The highest BCUT2D eigenvalue weighted by Crippen LogP contribution is 2.62. The summed E-state index contributed by atoms with van der Waals surface area (Å²) in [6.45, 7) is 5.88. The molecule has 1 aliphatic carbocycles. The Balaban J connectivity index is 1.33. The number of piperidine rings is 1. The summed E-state index contributed by atoms with van der Waals surface area (Å²) in [5.74, 6) is 0.0252. The summed E-state index contributed by atoms with van der Waals surface area (Å²) >= 11 is 0. The van der Waals surface area contributed by atoms with E-state index in [1.54, 1.807) is 7.11 Å². The zero-order chi connectivity index (χ0) is 34.7. The van der Waals surface area contributed by atoms with Crippen LogP contribution in [0, 0.1) is 11.8 Å². The van der Waals surface area contributed by atoms with E-state index < -0.39 is 28.6 Å². The first-order chi connectivity index (χ1) is 24.1. The van der Waals surface area contributed by atoms with Gasteiger partial charge in [0.1, 0.15) is 17.3 Å². The van der Waals surface area contributed by atoms with Crippen LogP contribution in [0.25, 0.3) is 10.9 Å². The summed E-state index contributed by atoms with van der Waals surface area (Å²) in [7, 11) is 5.15. The number of carbonyl (C=O) groups is 1. The lowest BCUT2D eigenvalue weighted by Gasteiger charge is -2.54. The van der Waals surface area contributed by atoms with Crippen molar-refractivity contribution in [3.8, 4) is 5.75 Å². The number of hydrogen-bond acceptors (Lipinski definition) is 9. The maximum atomic E-state index is 15.0. The molecule has 2 bridgehead atoms. The van der Waals surface area contributed by atoms with Gasteiger partial charge in [0.05, 0.1) is 32.0 Å². The van der Waals surface area contributed by atoms with Crippen LogP contribution in [-0.4, -0.2) is 120 Å². The number of carbonyl (C=O) groups excluding carboxylic acids is 1. The van der Waals surface area contributed by atoms with Crippen LogP contribution in [0.3, 0.4) is 0 Å². The molecule has 0 radical (unpaired) electrons. The quantitative estimate of drug-likeness (QED) is 0.243. The van der Waals surface area contributed by atoms with Gasteiger partial charge in [-0.3, -0.25) is 14.6 Å². The number of rotatable bonds is 4. The molecule has 10 nitrogen and oxygen atoms in total. The van der Waals surface area contributed by atoms with E-state index in [2.05, 4.69) is 56.1 Å². The van der Waals surface area contributed by atoms with Crippen LogP contribution in [0.1, 0.15) is 55.0 Å². The van der Waals surface area contributed by atoms with Crippen LogP contribution in [0.4, 0.5) is 5.69 Å². The minimum absolute atomic E-state index is 0.00167. The molecule has 1 saturated carbocycles. The molecule has 6 heterocycles. The van der Waals surface area contributed by atoms with Crippen molar-refractivity contribution in [3.05, 3.63) is 70.9 Å². The molecule has 2 saturated heterocycles. The predicted octanol–water partition coefficient (Wildman–Crippen LogP) is 3.10. The maximum absolute atomic E-state index is 15.0. The summed E-state index contributed by atoms with van der Waals surface area (Å²) in [5.41, 5.74) is 3.11. The second-order valence-corrected chi connectivity index (χ2v) is 16.1. The van der Waals surface area contributed by atoms with Gasteiger partial charge >= 0.3 is 5.97 Å². The van der Waals surface area contributed by atoms with Crippen LogP contribution in [-0.2, 0) is 26.8 Å². The molecule has 1 aromatic heterocycles. The highest BCUT2D eigenvalue weighted by Gasteiger charge is 2.68. The van der Waals surface area contributed by atoms with Crippen molar-refractivity contribution in [2.45, 2.75) is 79.8 Å². The first-order valence-electron chi connectivity index (χ1n) is 18.5. The molecule has 50 heavy (non-hydrogen) atoms. The van der Waals surface area contributed by atoms with Crippen LogP contribution < -0.4 is 9.64 Å². The minimum atomic E-state index is -1.28. The normalized spacial score (nSPS) is 38.8.